The fraction of sp³-hybridized carbons (Fsp3) is 0.350. The molecule has 0 aliphatic carbocycles. The van der Waals surface area contributed by atoms with Crippen molar-refractivity contribution < 1.29 is 32.2 Å². The molecule has 0 spiro atoms. The molecule has 0 radical (unpaired) electrons. The van der Waals surface area contributed by atoms with E-state index in [1.807, 2.05) is 0 Å². The van der Waals surface area contributed by atoms with Crippen molar-refractivity contribution in [3.63, 3.8) is 0 Å². The number of rotatable bonds is 8. The van der Waals surface area contributed by atoms with Crippen molar-refractivity contribution in [1.82, 2.24) is 4.90 Å². The second-order valence-electron chi connectivity index (χ2n) is 5.88. The number of hydrogen-bond acceptors (Lipinski definition) is 4. The summed E-state index contributed by atoms with van der Waals surface area (Å²) in [6.45, 7) is 1.92. The number of halogens is 3. The van der Waals surface area contributed by atoms with E-state index in [0.29, 0.717) is 18.0 Å². The number of nitrogens with zero attached hydrogens (tertiary/aromatic N) is 1. The van der Waals surface area contributed by atoms with E-state index in [4.69, 9.17) is 14.2 Å². The molecule has 0 heterocycles. The molecule has 0 saturated heterocycles. The third-order valence-corrected chi connectivity index (χ3v) is 4.10. The van der Waals surface area contributed by atoms with Gasteiger partial charge < -0.3 is 19.1 Å². The Kier molecular flexibility index (Phi) is 7.14. The maximum atomic E-state index is 13.0. The smallest absolute Gasteiger partial charge is 0.419 e. The minimum absolute atomic E-state index is 0.264. The van der Waals surface area contributed by atoms with Gasteiger partial charge in [-0.3, -0.25) is 4.79 Å². The number of carbonyl (C=O) groups is 1. The van der Waals surface area contributed by atoms with Crippen LogP contribution in [0.15, 0.2) is 42.5 Å². The summed E-state index contributed by atoms with van der Waals surface area (Å²) in [5.41, 5.74) is -0.116. The molecule has 0 N–H and O–H groups in total. The lowest BCUT2D eigenvalue weighted by Gasteiger charge is -2.22. The number of hydrogen-bond donors (Lipinski definition) is 0. The van der Waals surface area contributed by atoms with Gasteiger partial charge in [-0.15, -0.1) is 0 Å². The number of amides is 1. The normalized spacial score (nSPS) is 11.1. The van der Waals surface area contributed by atoms with E-state index in [0.717, 1.165) is 11.6 Å². The van der Waals surface area contributed by atoms with Crippen LogP contribution in [0.5, 0.6) is 17.2 Å². The van der Waals surface area contributed by atoms with E-state index >= 15 is 0 Å². The maximum Gasteiger partial charge on any atom is 0.419 e. The van der Waals surface area contributed by atoms with Gasteiger partial charge in [0.2, 0.25) is 0 Å². The highest BCUT2D eigenvalue weighted by Crippen LogP contribution is 2.36. The summed E-state index contributed by atoms with van der Waals surface area (Å²) >= 11 is 0. The molecule has 2 aromatic carbocycles. The predicted molar refractivity (Wildman–Crippen MR) is 97.6 cm³/mol. The summed E-state index contributed by atoms with van der Waals surface area (Å²) < 4.78 is 54.7. The molecule has 8 heteroatoms. The molecule has 0 bridgehead atoms. The molecule has 0 aliphatic heterocycles. The predicted octanol–water partition coefficient (Wildman–Crippen LogP) is 4.15. The first kappa shape index (κ1) is 21.4. The van der Waals surface area contributed by atoms with Crippen LogP contribution in [0.1, 0.15) is 18.1 Å². The summed E-state index contributed by atoms with van der Waals surface area (Å²) in [7, 11) is 3.03. The molecule has 2 aromatic rings. The van der Waals surface area contributed by atoms with E-state index in [2.05, 4.69) is 0 Å². The van der Waals surface area contributed by atoms with Crippen LogP contribution >= 0.6 is 0 Å². The molecule has 0 atom stereocenters. The molecule has 1 amide bonds. The highest BCUT2D eigenvalue weighted by Gasteiger charge is 2.34. The van der Waals surface area contributed by atoms with Crippen molar-refractivity contribution in [1.29, 1.82) is 0 Å². The zero-order valence-electron chi connectivity index (χ0n) is 15.9. The van der Waals surface area contributed by atoms with Gasteiger partial charge in [0.15, 0.2) is 18.1 Å². The highest BCUT2D eigenvalue weighted by molar-refractivity contribution is 5.77. The van der Waals surface area contributed by atoms with E-state index in [-0.39, 0.29) is 12.3 Å². The minimum atomic E-state index is -4.55. The Morgan fingerprint density at radius 2 is 1.68 bits per heavy atom. The second kappa shape index (κ2) is 9.34. The Morgan fingerprint density at radius 1 is 1.00 bits per heavy atom. The summed E-state index contributed by atoms with van der Waals surface area (Å²) in [4.78, 5) is 13.9. The number of ether oxygens (including phenoxy) is 3. The van der Waals surface area contributed by atoms with Crippen molar-refractivity contribution in [3.8, 4) is 17.2 Å². The monoisotopic (exact) mass is 397 g/mol. The van der Waals surface area contributed by atoms with Gasteiger partial charge in [-0.05, 0) is 36.8 Å². The average Bonchev–Trinajstić information content (AvgIpc) is 2.69. The molecule has 0 aromatic heterocycles. The summed E-state index contributed by atoms with van der Waals surface area (Å²) in [6, 6.07) is 10.1. The number of methoxy groups -OCH3 is 2. The number of para-hydroxylation sites is 1. The first-order chi connectivity index (χ1) is 13.3. The molecule has 0 saturated carbocycles. The Labute approximate surface area is 161 Å². The summed E-state index contributed by atoms with van der Waals surface area (Å²) in [5.74, 6) is 0.298. The Balaban J connectivity index is 2.07. The standard InChI is InChI=1S/C20H22F3NO4/c1-4-24(12-14-9-10-17(26-2)18(11-14)27-3)19(25)13-28-16-8-6-5-7-15(16)20(21,22)23/h5-11H,4,12-13H2,1-3H3. The van der Waals surface area contributed by atoms with Gasteiger partial charge in [0.05, 0.1) is 19.8 Å². The molecule has 0 unspecified atom stereocenters. The van der Waals surface area contributed by atoms with E-state index in [1.165, 1.54) is 37.3 Å². The fourth-order valence-electron chi connectivity index (χ4n) is 2.63. The molecule has 2 rings (SSSR count). The second-order valence-corrected chi connectivity index (χ2v) is 5.88. The van der Waals surface area contributed by atoms with Gasteiger partial charge in [0.25, 0.3) is 5.91 Å². The molecular formula is C20H22F3NO4. The van der Waals surface area contributed by atoms with Crippen molar-refractivity contribution in [2.75, 3.05) is 27.4 Å². The zero-order valence-corrected chi connectivity index (χ0v) is 15.9. The van der Waals surface area contributed by atoms with Crippen LogP contribution in [-0.4, -0.2) is 38.2 Å². The first-order valence-electron chi connectivity index (χ1n) is 8.57. The molecule has 0 fully saturated rings. The molecule has 5 nitrogen and oxygen atoms in total. The third-order valence-electron chi connectivity index (χ3n) is 4.10. The molecular weight excluding hydrogens is 375 g/mol. The van der Waals surface area contributed by atoms with Crippen molar-refractivity contribution in [2.45, 2.75) is 19.6 Å². The third kappa shape index (κ3) is 5.31. The van der Waals surface area contributed by atoms with E-state index in [9.17, 15) is 18.0 Å². The Morgan fingerprint density at radius 3 is 2.29 bits per heavy atom. The molecule has 0 aliphatic rings. The van der Waals surface area contributed by atoms with Crippen LogP contribution in [0.3, 0.4) is 0 Å². The van der Waals surface area contributed by atoms with Crippen molar-refractivity contribution in [2.24, 2.45) is 0 Å². The molecule has 28 heavy (non-hydrogen) atoms. The Hall–Kier alpha value is -2.90. The highest BCUT2D eigenvalue weighted by atomic mass is 19.4. The van der Waals surface area contributed by atoms with Crippen LogP contribution in [0.25, 0.3) is 0 Å². The summed E-state index contributed by atoms with van der Waals surface area (Å²) in [6.07, 6.45) is -4.55. The van der Waals surface area contributed by atoms with Crippen LogP contribution in [0.4, 0.5) is 13.2 Å². The first-order valence-corrected chi connectivity index (χ1v) is 8.57. The van der Waals surface area contributed by atoms with Crippen LogP contribution < -0.4 is 14.2 Å². The number of carbonyl (C=O) groups excluding carboxylic acids is 1. The number of likely N-dealkylation sites (N-methyl/N-ethyl adjacent to an activating group) is 1. The van der Waals surface area contributed by atoms with Crippen LogP contribution in [-0.2, 0) is 17.5 Å². The minimum Gasteiger partial charge on any atom is -0.493 e. The summed E-state index contributed by atoms with van der Waals surface area (Å²) in [5, 5.41) is 0. The lowest BCUT2D eigenvalue weighted by Crippen LogP contribution is -2.34. The lowest BCUT2D eigenvalue weighted by molar-refractivity contribution is -0.141. The van der Waals surface area contributed by atoms with Crippen molar-refractivity contribution in [3.05, 3.63) is 53.6 Å². The number of alkyl halides is 3. The van der Waals surface area contributed by atoms with E-state index in [1.54, 1.807) is 25.1 Å². The van der Waals surface area contributed by atoms with Crippen LogP contribution in [0, 0.1) is 0 Å². The van der Waals surface area contributed by atoms with Gasteiger partial charge in [-0.25, -0.2) is 0 Å². The van der Waals surface area contributed by atoms with Gasteiger partial charge in [-0.2, -0.15) is 13.2 Å². The molecule has 152 valence electrons. The quantitative estimate of drug-likeness (QED) is 0.672. The number of benzene rings is 2. The zero-order chi connectivity index (χ0) is 20.7. The van der Waals surface area contributed by atoms with Crippen LogP contribution in [0.2, 0.25) is 0 Å². The Bertz CT molecular complexity index is 808. The van der Waals surface area contributed by atoms with Gasteiger partial charge in [-0.1, -0.05) is 18.2 Å². The largest absolute Gasteiger partial charge is 0.493 e. The lowest BCUT2D eigenvalue weighted by atomic mass is 10.2. The van der Waals surface area contributed by atoms with Gasteiger partial charge >= 0.3 is 6.18 Å². The van der Waals surface area contributed by atoms with Gasteiger partial charge in [0, 0.05) is 13.1 Å². The maximum absolute atomic E-state index is 13.0. The fourth-order valence-corrected chi connectivity index (χ4v) is 2.63. The average molecular weight is 397 g/mol. The van der Waals surface area contributed by atoms with Crippen molar-refractivity contribution >= 4 is 5.91 Å². The SMILES string of the molecule is CCN(Cc1ccc(OC)c(OC)c1)C(=O)COc1ccccc1C(F)(F)F. The topological polar surface area (TPSA) is 48.0 Å². The van der Waals surface area contributed by atoms with E-state index < -0.39 is 24.3 Å². The van der Waals surface area contributed by atoms with Gasteiger partial charge in [0.1, 0.15) is 5.75 Å².